The molecule has 0 unspecified atom stereocenters. The number of rotatable bonds is 4. The third-order valence-electron chi connectivity index (χ3n) is 4.75. The van der Waals surface area contributed by atoms with Crippen LogP contribution in [-0.4, -0.2) is 14.5 Å². The second-order valence-electron chi connectivity index (χ2n) is 6.39. The summed E-state index contributed by atoms with van der Waals surface area (Å²) < 4.78 is 13.7. The van der Waals surface area contributed by atoms with Gasteiger partial charge in [0.15, 0.2) is 11.5 Å². The van der Waals surface area contributed by atoms with Crippen LogP contribution in [0.1, 0.15) is 0 Å². The average molecular weight is 367 g/mol. The maximum atomic E-state index is 5.78. The number of nitrogens with zero attached hydrogens (tertiary/aromatic N) is 3. The molecule has 0 fully saturated rings. The third kappa shape index (κ3) is 2.56. The Morgan fingerprint density at radius 2 is 1.14 bits per heavy atom. The van der Waals surface area contributed by atoms with Gasteiger partial charge in [-0.3, -0.25) is 9.97 Å². The average Bonchev–Trinajstić information content (AvgIpc) is 3.49. The van der Waals surface area contributed by atoms with Crippen molar-refractivity contribution < 1.29 is 8.83 Å². The zero-order chi connectivity index (χ0) is 18.9. The van der Waals surface area contributed by atoms with Crippen LogP contribution < -0.4 is 0 Å². The molecule has 0 radical (unpaired) electrons. The molecule has 0 aliphatic heterocycles. The van der Waals surface area contributed by atoms with Gasteiger partial charge in [-0.1, -0.05) is 12.1 Å². The minimum atomic E-state index is 0.762. The third-order valence-corrected chi connectivity index (χ3v) is 4.75. The Morgan fingerprint density at radius 1 is 0.643 bits per heavy atom. The topological polar surface area (TPSA) is 57.0 Å². The SMILES string of the molecule is Cn1c(-c2ccco2)c(-c2ccccn2)c(-c2ccccn2)c1-c1ccco1. The summed E-state index contributed by atoms with van der Waals surface area (Å²) in [5, 5.41) is 0. The summed E-state index contributed by atoms with van der Waals surface area (Å²) in [6.07, 6.45) is 6.95. The highest BCUT2D eigenvalue weighted by atomic mass is 16.3. The van der Waals surface area contributed by atoms with E-state index in [1.807, 2.05) is 67.7 Å². The Bertz CT molecular complexity index is 1090. The molecule has 136 valence electrons. The van der Waals surface area contributed by atoms with Gasteiger partial charge in [-0.15, -0.1) is 0 Å². The Hall–Kier alpha value is -3.86. The van der Waals surface area contributed by atoms with Crippen LogP contribution in [0.3, 0.4) is 0 Å². The summed E-state index contributed by atoms with van der Waals surface area (Å²) in [4.78, 5) is 9.26. The van der Waals surface area contributed by atoms with Crippen molar-refractivity contribution in [2.24, 2.45) is 7.05 Å². The van der Waals surface area contributed by atoms with Gasteiger partial charge in [0, 0.05) is 30.6 Å². The molecule has 0 spiro atoms. The summed E-state index contributed by atoms with van der Waals surface area (Å²) in [5.74, 6) is 1.52. The molecular weight excluding hydrogens is 350 g/mol. The predicted molar refractivity (Wildman–Crippen MR) is 107 cm³/mol. The highest BCUT2D eigenvalue weighted by Crippen LogP contribution is 2.46. The highest BCUT2D eigenvalue weighted by molar-refractivity contribution is 5.98. The van der Waals surface area contributed by atoms with Crippen LogP contribution in [-0.2, 0) is 7.05 Å². The fraction of sp³-hybridized carbons (Fsp3) is 0.0435. The zero-order valence-electron chi connectivity index (χ0n) is 15.2. The first kappa shape index (κ1) is 16.3. The lowest BCUT2D eigenvalue weighted by atomic mass is 9.99. The van der Waals surface area contributed by atoms with Crippen LogP contribution in [0.25, 0.3) is 45.4 Å². The summed E-state index contributed by atoms with van der Waals surface area (Å²) in [7, 11) is 2.01. The van der Waals surface area contributed by atoms with Crippen LogP contribution in [0.15, 0.2) is 94.4 Å². The monoisotopic (exact) mass is 367 g/mol. The van der Waals surface area contributed by atoms with Gasteiger partial charge in [0.1, 0.15) is 0 Å². The van der Waals surface area contributed by atoms with E-state index in [-0.39, 0.29) is 0 Å². The molecule has 0 atom stereocenters. The smallest absolute Gasteiger partial charge is 0.150 e. The summed E-state index contributed by atoms with van der Waals surface area (Å²) in [6.45, 7) is 0. The lowest BCUT2D eigenvalue weighted by Crippen LogP contribution is -1.94. The van der Waals surface area contributed by atoms with Gasteiger partial charge in [0.2, 0.25) is 0 Å². The van der Waals surface area contributed by atoms with E-state index in [1.165, 1.54) is 0 Å². The molecule has 0 aliphatic rings. The maximum Gasteiger partial charge on any atom is 0.150 e. The van der Waals surface area contributed by atoms with Crippen molar-refractivity contribution >= 4 is 0 Å². The molecule has 0 saturated carbocycles. The standard InChI is InChI=1S/C23H17N3O2/c1-26-22(18-10-6-14-27-18)20(16-8-2-4-12-24-16)21(17-9-3-5-13-25-17)23(26)19-11-7-15-28-19/h2-15H,1H3. The highest BCUT2D eigenvalue weighted by Gasteiger charge is 2.28. The summed E-state index contributed by atoms with van der Waals surface area (Å²) in [5.41, 5.74) is 5.48. The van der Waals surface area contributed by atoms with Gasteiger partial charge < -0.3 is 13.4 Å². The van der Waals surface area contributed by atoms with E-state index in [0.717, 1.165) is 45.4 Å². The number of furan rings is 2. The molecule has 5 rings (SSSR count). The summed E-state index contributed by atoms with van der Waals surface area (Å²) in [6, 6.07) is 19.5. The Labute approximate surface area is 161 Å². The molecular formula is C23H17N3O2. The van der Waals surface area contributed by atoms with Crippen molar-refractivity contribution in [3.63, 3.8) is 0 Å². The largest absolute Gasteiger partial charge is 0.463 e. The van der Waals surface area contributed by atoms with E-state index < -0.39 is 0 Å². The number of hydrogen-bond acceptors (Lipinski definition) is 4. The second-order valence-corrected chi connectivity index (χ2v) is 6.39. The van der Waals surface area contributed by atoms with Crippen LogP contribution in [0.4, 0.5) is 0 Å². The molecule has 5 heteroatoms. The van der Waals surface area contributed by atoms with Crippen LogP contribution in [0, 0.1) is 0 Å². The van der Waals surface area contributed by atoms with Gasteiger partial charge in [-0.05, 0) is 48.5 Å². The van der Waals surface area contributed by atoms with Crippen molar-refractivity contribution in [1.82, 2.24) is 14.5 Å². The Kier molecular flexibility index (Phi) is 3.91. The van der Waals surface area contributed by atoms with E-state index in [9.17, 15) is 0 Å². The van der Waals surface area contributed by atoms with Gasteiger partial charge in [-0.25, -0.2) is 0 Å². The van der Waals surface area contributed by atoms with Crippen molar-refractivity contribution in [3.8, 4) is 45.4 Å². The van der Waals surface area contributed by atoms with Gasteiger partial charge in [0.05, 0.1) is 35.3 Å². The molecule has 5 nitrogen and oxygen atoms in total. The summed E-state index contributed by atoms with van der Waals surface area (Å²) >= 11 is 0. The first-order valence-electron chi connectivity index (χ1n) is 8.98. The Balaban J connectivity index is 1.94. The van der Waals surface area contributed by atoms with Crippen LogP contribution >= 0.6 is 0 Å². The molecule has 5 aromatic heterocycles. The van der Waals surface area contributed by atoms with E-state index in [4.69, 9.17) is 8.83 Å². The van der Waals surface area contributed by atoms with E-state index in [0.29, 0.717) is 0 Å². The quantitative estimate of drug-likeness (QED) is 0.411. The molecule has 0 bridgehead atoms. The lowest BCUT2D eigenvalue weighted by Gasteiger charge is -2.07. The predicted octanol–water partition coefficient (Wildman–Crippen LogP) is 5.67. The molecule has 0 N–H and O–H groups in total. The molecule has 0 aromatic carbocycles. The van der Waals surface area contributed by atoms with Crippen molar-refractivity contribution in [2.75, 3.05) is 0 Å². The van der Waals surface area contributed by atoms with Crippen molar-refractivity contribution in [3.05, 3.63) is 85.6 Å². The van der Waals surface area contributed by atoms with Gasteiger partial charge >= 0.3 is 0 Å². The normalized spacial score (nSPS) is 11.0. The van der Waals surface area contributed by atoms with E-state index in [1.54, 1.807) is 24.9 Å². The van der Waals surface area contributed by atoms with E-state index >= 15 is 0 Å². The molecule has 5 heterocycles. The second kappa shape index (κ2) is 6.70. The minimum absolute atomic E-state index is 0.762. The number of aromatic nitrogens is 3. The Morgan fingerprint density at radius 3 is 1.50 bits per heavy atom. The maximum absolute atomic E-state index is 5.78. The molecule has 5 aromatic rings. The molecule has 28 heavy (non-hydrogen) atoms. The van der Waals surface area contributed by atoms with Crippen molar-refractivity contribution in [1.29, 1.82) is 0 Å². The van der Waals surface area contributed by atoms with Crippen LogP contribution in [0.5, 0.6) is 0 Å². The van der Waals surface area contributed by atoms with E-state index in [2.05, 4.69) is 14.5 Å². The van der Waals surface area contributed by atoms with Crippen LogP contribution in [0.2, 0.25) is 0 Å². The number of hydrogen-bond donors (Lipinski definition) is 0. The first-order chi connectivity index (χ1) is 13.8. The lowest BCUT2D eigenvalue weighted by molar-refractivity contribution is 0.571. The molecule has 0 amide bonds. The zero-order valence-corrected chi connectivity index (χ0v) is 15.2. The fourth-order valence-electron chi connectivity index (χ4n) is 3.61. The van der Waals surface area contributed by atoms with Gasteiger partial charge in [-0.2, -0.15) is 0 Å². The fourth-order valence-corrected chi connectivity index (χ4v) is 3.61. The first-order valence-corrected chi connectivity index (χ1v) is 8.98. The molecule has 0 aliphatic carbocycles. The minimum Gasteiger partial charge on any atom is -0.463 e. The van der Waals surface area contributed by atoms with Gasteiger partial charge in [0.25, 0.3) is 0 Å². The number of pyridine rings is 2. The van der Waals surface area contributed by atoms with Crippen molar-refractivity contribution in [2.45, 2.75) is 0 Å². The molecule has 0 saturated heterocycles.